The Balaban J connectivity index is 2.97. The van der Waals surface area contributed by atoms with E-state index in [-0.39, 0.29) is 6.42 Å². The Morgan fingerprint density at radius 2 is 1.62 bits per heavy atom. The molecule has 0 saturated heterocycles. The van der Waals surface area contributed by atoms with Gasteiger partial charge in [-0.3, -0.25) is 9.69 Å². The summed E-state index contributed by atoms with van der Waals surface area (Å²) in [4.78, 5) is 12.6. The van der Waals surface area contributed by atoms with Crippen molar-refractivity contribution in [3.05, 3.63) is 35.4 Å². The topological polar surface area (TPSA) is 40.5 Å². The number of hydrogen-bond acceptors (Lipinski definition) is 2. The van der Waals surface area contributed by atoms with Crippen molar-refractivity contribution in [3.63, 3.8) is 0 Å². The van der Waals surface area contributed by atoms with Gasteiger partial charge < -0.3 is 5.11 Å². The molecule has 0 heterocycles. The Kier molecular flexibility index (Phi) is 5.39. The van der Waals surface area contributed by atoms with Crippen LogP contribution in [0.1, 0.15) is 38.3 Å². The van der Waals surface area contributed by atoms with Crippen LogP contribution in [0.25, 0.3) is 0 Å². The summed E-state index contributed by atoms with van der Waals surface area (Å²) in [5.41, 5.74) is -0.493. The van der Waals surface area contributed by atoms with Crippen LogP contribution in [0.4, 0.5) is 13.2 Å². The normalized spacial score (nSPS) is 12.7. The number of hydrogen-bond donors (Lipinski definition) is 1. The highest BCUT2D eigenvalue weighted by Gasteiger charge is 2.32. The number of nitrogens with zero attached hydrogens (tertiary/aromatic N) is 1. The van der Waals surface area contributed by atoms with Gasteiger partial charge in [0.15, 0.2) is 0 Å². The largest absolute Gasteiger partial charge is 0.481 e. The summed E-state index contributed by atoms with van der Waals surface area (Å²) in [7, 11) is 0. The molecule has 0 bridgehead atoms. The van der Waals surface area contributed by atoms with Crippen LogP contribution >= 0.6 is 0 Å². The van der Waals surface area contributed by atoms with E-state index >= 15 is 0 Å². The highest BCUT2D eigenvalue weighted by Crippen LogP contribution is 2.33. The van der Waals surface area contributed by atoms with Crippen LogP contribution in [-0.2, 0) is 16.5 Å². The van der Waals surface area contributed by atoms with Crippen molar-refractivity contribution in [2.24, 2.45) is 0 Å². The number of halogens is 3. The summed E-state index contributed by atoms with van der Waals surface area (Å²) in [6, 6.07) is 5.02. The SMILES string of the molecule is CCN(CCC(=O)O)C(C)(C)c1ccc(C(F)(F)F)cc1. The first kappa shape index (κ1) is 17.5. The molecular weight excluding hydrogens is 283 g/mol. The molecule has 0 aliphatic rings. The molecule has 3 nitrogen and oxygen atoms in total. The first-order valence-corrected chi connectivity index (χ1v) is 6.73. The summed E-state index contributed by atoms with van der Waals surface area (Å²) in [5.74, 6) is -0.892. The zero-order valence-electron chi connectivity index (χ0n) is 12.4. The van der Waals surface area contributed by atoms with E-state index in [9.17, 15) is 18.0 Å². The van der Waals surface area contributed by atoms with E-state index in [1.807, 2.05) is 25.7 Å². The van der Waals surface area contributed by atoms with Crippen molar-refractivity contribution in [2.45, 2.75) is 38.9 Å². The average molecular weight is 303 g/mol. The Morgan fingerprint density at radius 3 is 2.00 bits per heavy atom. The van der Waals surface area contributed by atoms with Crippen LogP contribution in [-0.4, -0.2) is 29.1 Å². The van der Waals surface area contributed by atoms with Crippen LogP contribution in [0, 0.1) is 0 Å². The third-order valence-corrected chi connectivity index (χ3v) is 3.69. The van der Waals surface area contributed by atoms with Crippen molar-refractivity contribution in [1.82, 2.24) is 4.90 Å². The lowest BCUT2D eigenvalue weighted by molar-refractivity contribution is -0.138. The van der Waals surface area contributed by atoms with Gasteiger partial charge in [-0.05, 0) is 38.1 Å². The number of rotatable bonds is 6. The van der Waals surface area contributed by atoms with Crippen LogP contribution in [0.2, 0.25) is 0 Å². The maximum absolute atomic E-state index is 12.6. The van der Waals surface area contributed by atoms with Crippen molar-refractivity contribution in [2.75, 3.05) is 13.1 Å². The van der Waals surface area contributed by atoms with E-state index in [1.54, 1.807) is 0 Å². The molecule has 0 atom stereocenters. The first-order chi connectivity index (χ1) is 9.59. The predicted molar refractivity (Wildman–Crippen MR) is 74.0 cm³/mol. The smallest absolute Gasteiger partial charge is 0.416 e. The molecular formula is C15H20F3NO2. The maximum Gasteiger partial charge on any atom is 0.416 e. The molecule has 1 aromatic rings. The molecule has 1 N–H and O–H groups in total. The molecule has 6 heteroatoms. The standard InChI is InChI=1S/C15H20F3NO2/c1-4-19(10-9-13(20)21)14(2,3)11-5-7-12(8-6-11)15(16,17)18/h5-8H,4,9-10H2,1-3H3,(H,20,21). The predicted octanol–water partition coefficient (Wildman–Crippen LogP) is 3.74. The molecule has 0 radical (unpaired) electrons. The molecule has 1 rings (SSSR count). The highest BCUT2D eigenvalue weighted by molar-refractivity contribution is 5.66. The molecule has 0 amide bonds. The van der Waals surface area contributed by atoms with E-state index in [0.717, 1.165) is 17.7 Å². The van der Waals surface area contributed by atoms with E-state index in [1.165, 1.54) is 12.1 Å². The van der Waals surface area contributed by atoms with Crippen molar-refractivity contribution >= 4 is 5.97 Å². The Morgan fingerprint density at radius 1 is 1.14 bits per heavy atom. The first-order valence-electron chi connectivity index (χ1n) is 6.73. The molecule has 0 saturated carbocycles. The molecule has 0 unspecified atom stereocenters. The molecule has 118 valence electrons. The Bertz CT molecular complexity index is 481. The molecule has 1 aromatic carbocycles. The number of benzene rings is 1. The van der Waals surface area contributed by atoms with Gasteiger partial charge in [0.2, 0.25) is 0 Å². The third kappa shape index (κ3) is 4.46. The minimum atomic E-state index is -4.35. The van der Waals surface area contributed by atoms with Crippen molar-refractivity contribution in [3.8, 4) is 0 Å². The van der Waals surface area contributed by atoms with Gasteiger partial charge in [0.05, 0.1) is 12.0 Å². The Labute approximate surface area is 122 Å². The van der Waals surface area contributed by atoms with E-state index in [2.05, 4.69) is 0 Å². The fourth-order valence-electron chi connectivity index (χ4n) is 2.31. The van der Waals surface area contributed by atoms with Gasteiger partial charge in [0, 0.05) is 12.1 Å². The van der Waals surface area contributed by atoms with Gasteiger partial charge in [-0.1, -0.05) is 19.1 Å². The summed E-state index contributed by atoms with van der Waals surface area (Å²) in [6.07, 6.45) is -4.35. The van der Waals surface area contributed by atoms with Gasteiger partial charge in [-0.2, -0.15) is 13.2 Å². The molecule has 0 fully saturated rings. The van der Waals surface area contributed by atoms with E-state index < -0.39 is 23.2 Å². The number of carboxylic acid groups (broad SMARTS) is 1. The average Bonchev–Trinajstić information content (AvgIpc) is 2.38. The number of carbonyl (C=O) groups is 1. The van der Waals surface area contributed by atoms with Gasteiger partial charge in [-0.15, -0.1) is 0 Å². The number of aliphatic carboxylic acids is 1. The maximum atomic E-state index is 12.6. The summed E-state index contributed by atoms with van der Waals surface area (Å²) in [6.45, 7) is 6.61. The van der Waals surface area contributed by atoms with Gasteiger partial charge in [0.1, 0.15) is 0 Å². The van der Waals surface area contributed by atoms with Crippen molar-refractivity contribution < 1.29 is 23.1 Å². The zero-order chi connectivity index (χ0) is 16.3. The van der Waals surface area contributed by atoms with E-state index in [0.29, 0.717) is 13.1 Å². The lowest BCUT2D eigenvalue weighted by atomic mass is 9.91. The zero-order valence-corrected chi connectivity index (χ0v) is 12.4. The monoisotopic (exact) mass is 303 g/mol. The lowest BCUT2D eigenvalue weighted by Gasteiger charge is -2.38. The van der Waals surface area contributed by atoms with E-state index in [4.69, 9.17) is 5.11 Å². The van der Waals surface area contributed by atoms with Gasteiger partial charge >= 0.3 is 12.1 Å². The quantitative estimate of drug-likeness (QED) is 0.870. The second-order valence-corrected chi connectivity index (χ2v) is 5.36. The summed E-state index contributed by atoms with van der Waals surface area (Å²) >= 11 is 0. The second kappa shape index (κ2) is 6.47. The summed E-state index contributed by atoms with van der Waals surface area (Å²) in [5, 5.41) is 8.77. The number of carboxylic acids is 1. The molecule has 0 spiro atoms. The Hall–Kier alpha value is -1.56. The van der Waals surface area contributed by atoms with Gasteiger partial charge in [0.25, 0.3) is 0 Å². The summed E-state index contributed by atoms with van der Waals surface area (Å²) < 4.78 is 37.7. The lowest BCUT2D eigenvalue weighted by Crippen LogP contribution is -2.42. The van der Waals surface area contributed by atoms with Crippen LogP contribution < -0.4 is 0 Å². The fraction of sp³-hybridized carbons (Fsp3) is 0.533. The van der Waals surface area contributed by atoms with Crippen LogP contribution in [0.5, 0.6) is 0 Å². The molecule has 0 aliphatic heterocycles. The van der Waals surface area contributed by atoms with Gasteiger partial charge in [-0.25, -0.2) is 0 Å². The molecule has 0 aromatic heterocycles. The third-order valence-electron chi connectivity index (χ3n) is 3.69. The minimum absolute atomic E-state index is 0.00208. The van der Waals surface area contributed by atoms with Crippen molar-refractivity contribution in [1.29, 1.82) is 0 Å². The second-order valence-electron chi connectivity index (χ2n) is 5.36. The highest BCUT2D eigenvalue weighted by atomic mass is 19.4. The molecule has 21 heavy (non-hydrogen) atoms. The number of alkyl halides is 3. The molecule has 0 aliphatic carbocycles. The fourth-order valence-corrected chi connectivity index (χ4v) is 2.31. The van der Waals surface area contributed by atoms with Crippen LogP contribution in [0.3, 0.4) is 0 Å². The van der Waals surface area contributed by atoms with Crippen LogP contribution in [0.15, 0.2) is 24.3 Å². The minimum Gasteiger partial charge on any atom is -0.481 e.